The number of methoxy groups -OCH3 is 3. The lowest BCUT2D eigenvalue weighted by molar-refractivity contribution is 0.0734. The van der Waals surface area contributed by atoms with Crippen molar-refractivity contribution in [2.24, 2.45) is 0 Å². The summed E-state index contributed by atoms with van der Waals surface area (Å²) in [6.07, 6.45) is 1.21. The lowest BCUT2D eigenvalue weighted by Gasteiger charge is -2.14. The van der Waals surface area contributed by atoms with Crippen molar-refractivity contribution < 1.29 is 37.6 Å². The molecule has 0 atom stereocenters. The molecule has 1 aromatic heterocycles. The Morgan fingerprint density at radius 2 is 1.53 bits per heavy atom. The molecule has 0 aliphatic carbocycles. The van der Waals surface area contributed by atoms with E-state index in [9.17, 15) is 9.59 Å². The molecule has 0 radical (unpaired) electrons. The molecule has 9 nitrogen and oxygen atoms in total. The van der Waals surface area contributed by atoms with Crippen molar-refractivity contribution in [3.63, 3.8) is 0 Å². The van der Waals surface area contributed by atoms with Crippen LogP contribution in [0.15, 0.2) is 70.1 Å². The Hall–Kier alpha value is -4.66. The first-order valence-electron chi connectivity index (χ1n) is 11.0. The van der Waals surface area contributed by atoms with Crippen LogP contribution in [0.2, 0.25) is 0 Å². The van der Waals surface area contributed by atoms with E-state index in [0.29, 0.717) is 35.4 Å². The quantitative estimate of drug-likeness (QED) is 0.230. The number of rotatable bonds is 9. The van der Waals surface area contributed by atoms with E-state index in [1.165, 1.54) is 57.9 Å². The van der Waals surface area contributed by atoms with E-state index in [4.69, 9.17) is 32.8 Å². The van der Waals surface area contributed by atoms with E-state index < -0.39 is 5.97 Å². The molecule has 4 aromatic rings. The van der Waals surface area contributed by atoms with Crippen molar-refractivity contribution in [3.05, 3.63) is 76.6 Å². The third kappa shape index (κ3) is 4.90. The number of hydrogen-bond donors (Lipinski definition) is 0. The maximum absolute atomic E-state index is 13.0. The van der Waals surface area contributed by atoms with E-state index in [0.717, 1.165) is 0 Å². The molecule has 0 bridgehead atoms. The molecular weight excluding hydrogens is 468 g/mol. The van der Waals surface area contributed by atoms with Crippen LogP contribution in [0.25, 0.3) is 11.0 Å². The van der Waals surface area contributed by atoms with Gasteiger partial charge in [0, 0.05) is 6.07 Å². The zero-order valence-electron chi connectivity index (χ0n) is 20.2. The zero-order chi connectivity index (χ0) is 25.7. The maximum atomic E-state index is 13.0. The number of para-hydroxylation sites is 2. The molecule has 9 heteroatoms. The third-order valence-electron chi connectivity index (χ3n) is 5.19. The van der Waals surface area contributed by atoms with E-state index in [2.05, 4.69) is 0 Å². The Kier molecular flexibility index (Phi) is 7.29. The number of esters is 1. The number of ether oxygens (including phenoxy) is 6. The number of carbonyl (C=O) groups excluding carboxylic acids is 1. The molecular formula is C27H24O9. The van der Waals surface area contributed by atoms with Crippen molar-refractivity contribution in [2.75, 3.05) is 27.9 Å². The summed E-state index contributed by atoms with van der Waals surface area (Å²) in [5.74, 6) is 1.39. The van der Waals surface area contributed by atoms with Crippen molar-refractivity contribution in [3.8, 4) is 40.2 Å². The fraction of sp³-hybridized carbons (Fsp3) is 0.185. The van der Waals surface area contributed by atoms with Crippen LogP contribution >= 0.6 is 0 Å². The van der Waals surface area contributed by atoms with Crippen LogP contribution in [0.1, 0.15) is 17.3 Å². The van der Waals surface area contributed by atoms with Crippen molar-refractivity contribution >= 4 is 16.9 Å². The van der Waals surface area contributed by atoms with E-state index in [1.807, 2.05) is 13.0 Å². The van der Waals surface area contributed by atoms with Gasteiger partial charge in [0.2, 0.25) is 16.9 Å². The largest absolute Gasteiger partial charge is 0.493 e. The van der Waals surface area contributed by atoms with Crippen LogP contribution in [0.3, 0.4) is 0 Å². The van der Waals surface area contributed by atoms with Crippen LogP contribution in [0.4, 0.5) is 0 Å². The Bertz CT molecular complexity index is 1430. The third-order valence-corrected chi connectivity index (χ3v) is 5.19. The molecule has 0 aliphatic rings. The molecule has 0 aliphatic heterocycles. The van der Waals surface area contributed by atoms with Crippen molar-refractivity contribution in [1.29, 1.82) is 0 Å². The van der Waals surface area contributed by atoms with Crippen LogP contribution in [-0.2, 0) is 0 Å². The lowest BCUT2D eigenvalue weighted by Crippen LogP contribution is -2.10. The number of benzene rings is 3. The summed E-state index contributed by atoms with van der Waals surface area (Å²) in [4.78, 5) is 25.8. The SMILES string of the molecule is CCOc1ccccc1Oc1coc2cc(OC(=O)c3cc(OC)c(OC)c(OC)c3)ccc2c1=O. The van der Waals surface area contributed by atoms with Crippen LogP contribution < -0.4 is 33.8 Å². The zero-order valence-corrected chi connectivity index (χ0v) is 20.2. The summed E-state index contributed by atoms with van der Waals surface area (Å²) in [5, 5.41) is 0.258. The van der Waals surface area contributed by atoms with E-state index in [-0.39, 0.29) is 33.5 Å². The fourth-order valence-electron chi connectivity index (χ4n) is 3.52. The molecule has 0 spiro atoms. The van der Waals surface area contributed by atoms with Crippen molar-refractivity contribution in [2.45, 2.75) is 6.92 Å². The molecule has 4 rings (SSSR count). The summed E-state index contributed by atoms with van der Waals surface area (Å²) in [6.45, 7) is 2.30. The van der Waals surface area contributed by atoms with Crippen LogP contribution in [0, 0.1) is 0 Å². The first-order chi connectivity index (χ1) is 17.5. The first-order valence-corrected chi connectivity index (χ1v) is 11.0. The second kappa shape index (κ2) is 10.7. The summed E-state index contributed by atoms with van der Waals surface area (Å²) < 4.78 is 38.2. The van der Waals surface area contributed by atoms with Gasteiger partial charge in [-0.05, 0) is 43.3 Å². The van der Waals surface area contributed by atoms with E-state index in [1.54, 1.807) is 18.2 Å². The minimum Gasteiger partial charge on any atom is -0.493 e. The van der Waals surface area contributed by atoms with Gasteiger partial charge < -0.3 is 32.8 Å². The van der Waals surface area contributed by atoms with Gasteiger partial charge in [0.15, 0.2) is 23.0 Å². The average molecular weight is 492 g/mol. The van der Waals surface area contributed by atoms with Gasteiger partial charge >= 0.3 is 5.97 Å². The second-order valence-corrected chi connectivity index (χ2v) is 7.37. The minimum atomic E-state index is -0.663. The smallest absolute Gasteiger partial charge is 0.343 e. The standard InChI is InChI=1S/C27H24O9/c1-5-33-19-8-6-7-9-20(19)36-24-15-34-21-14-17(10-11-18(21)25(24)28)35-27(29)16-12-22(30-2)26(32-4)23(13-16)31-3/h6-15H,5H2,1-4H3. The highest BCUT2D eigenvalue weighted by Gasteiger charge is 2.19. The average Bonchev–Trinajstić information content (AvgIpc) is 2.90. The Balaban J connectivity index is 1.60. The normalized spacial score (nSPS) is 10.6. The molecule has 0 unspecified atom stereocenters. The second-order valence-electron chi connectivity index (χ2n) is 7.37. The molecule has 0 N–H and O–H groups in total. The number of hydrogen-bond acceptors (Lipinski definition) is 9. The fourth-order valence-corrected chi connectivity index (χ4v) is 3.52. The molecule has 1 heterocycles. The molecule has 36 heavy (non-hydrogen) atoms. The summed E-state index contributed by atoms with van der Waals surface area (Å²) in [5.41, 5.74) is 0.0217. The van der Waals surface area contributed by atoms with Gasteiger partial charge in [-0.2, -0.15) is 0 Å². The summed E-state index contributed by atoms with van der Waals surface area (Å²) in [6, 6.07) is 14.4. The first kappa shape index (κ1) is 24.5. The Morgan fingerprint density at radius 1 is 0.833 bits per heavy atom. The van der Waals surface area contributed by atoms with Crippen LogP contribution in [0.5, 0.6) is 40.2 Å². The van der Waals surface area contributed by atoms with E-state index >= 15 is 0 Å². The molecule has 0 amide bonds. The predicted octanol–water partition coefficient (Wildman–Crippen LogP) is 5.23. The van der Waals surface area contributed by atoms with Gasteiger partial charge in [-0.3, -0.25) is 4.79 Å². The van der Waals surface area contributed by atoms with Gasteiger partial charge in [-0.1, -0.05) is 12.1 Å². The molecule has 0 saturated carbocycles. The predicted molar refractivity (Wildman–Crippen MR) is 131 cm³/mol. The Labute approximate surface area is 206 Å². The van der Waals surface area contributed by atoms with Crippen molar-refractivity contribution in [1.82, 2.24) is 0 Å². The molecule has 0 fully saturated rings. The number of fused-ring (bicyclic) bond motifs is 1. The highest BCUT2D eigenvalue weighted by atomic mass is 16.5. The molecule has 186 valence electrons. The summed E-state index contributed by atoms with van der Waals surface area (Å²) >= 11 is 0. The number of carbonyl (C=O) groups is 1. The maximum Gasteiger partial charge on any atom is 0.343 e. The molecule has 0 saturated heterocycles. The highest BCUT2D eigenvalue weighted by molar-refractivity contribution is 5.93. The van der Waals surface area contributed by atoms with Gasteiger partial charge in [0.05, 0.1) is 38.9 Å². The van der Waals surface area contributed by atoms with Gasteiger partial charge in [0.1, 0.15) is 17.6 Å². The summed E-state index contributed by atoms with van der Waals surface area (Å²) in [7, 11) is 4.37. The van der Waals surface area contributed by atoms with Gasteiger partial charge in [-0.15, -0.1) is 0 Å². The lowest BCUT2D eigenvalue weighted by atomic mass is 10.1. The monoisotopic (exact) mass is 492 g/mol. The topological polar surface area (TPSA) is 103 Å². The van der Waals surface area contributed by atoms with Gasteiger partial charge in [0.25, 0.3) is 0 Å². The Morgan fingerprint density at radius 3 is 2.17 bits per heavy atom. The molecule has 3 aromatic carbocycles. The van der Waals surface area contributed by atoms with Gasteiger partial charge in [-0.25, -0.2) is 4.79 Å². The highest BCUT2D eigenvalue weighted by Crippen LogP contribution is 2.38. The minimum absolute atomic E-state index is 0.00294. The van der Waals surface area contributed by atoms with Crippen LogP contribution in [-0.4, -0.2) is 33.9 Å².